The van der Waals surface area contributed by atoms with Crippen molar-refractivity contribution < 1.29 is 9.53 Å². The Morgan fingerprint density at radius 2 is 2.19 bits per heavy atom. The lowest BCUT2D eigenvalue weighted by atomic mass is 10.1. The van der Waals surface area contributed by atoms with E-state index >= 15 is 0 Å². The van der Waals surface area contributed by atoms with Gasteiger partial charge in [0.25, 0.3) is 5.91 Å². The van der Waals surface area contributed by atoms with Crippen LogP contribution in [-0.2, 0) is 4.79 Å². The fraction of sp³-hybridized carbons (Fsp3) is 0.417. The zero-order chi connectivity index (χ0) is 12.1. The van der Waals surface area contributed by atoms with Crippen LogP contribution in [0.25, 0.3) is 0 Å². The van der Waals surface area contributed by atoms with E-state index in [0.717, 1.165) is 11.3 Å². The molecular formula is C12H18N2O2. The summed E-state index contributed by atoms with van der Waals surface area (Å²) in [6.45, 7) is 5.85. The van der Waals surface area contributed by atoms with Gasteiger partial charge in [0.1, 0.15) is 5.75 Å². The Kier molecular flexibility index (Phi) is 4.31. The molecule has 0 bridgehead atoms. The molecule has 0 radical (unpaired) electrons. The first-order chi connectivity index (χ1) is 7.58. The van der Waals surface area contributed by atoms with Gasteiger partial charge in [0.2, 0.25) is 0 Å². The third kappa shape index (κ3) is 2.97. The molecule has 4 nitrogen and oxygen atoms in total. The molecule has 0 aliphatic heterocycles. The highest BCUT2D eigenvalue weighted by Gasteiger charge is 2.17. The molecule has 3 N–H and O–H groups in total. The summed E-state index contributed by atoms with van der Waals surface area (Å²) in [5, 5.41) is 0. The number of ether oxygens (including phenoxy) is 1. The smallest absolute Gasteiger partial charge is 0.274 e. The predicted octanol–water partition coefficient (Wildman–Crippen LogP) is 1.45. The van der Waals surface area contributed by atoms with E-state index < -0.39 is 6.10 Å². The third-order valence-electron chi connectivity index (χ3n) is 2.41. The largest absolute Gasteiger partial charge is 0.480 e. The van der Waals surface area contributed by atoms with Gasteiger partial charge in [0.15, 0.2) is 6.10 Å². The van der Waals surface area contributed by atoms with Crippen molar-refractivity contribution in [2.45, 2.75) is 33.3 Å². The number of nitrogens with one attached hydrogen (secondary N) is 1. The summed E-state index contributed by atoms with van der Waals surface area (Å²) in [4.78, 5) is 11.4. The van der Waals surface area contributed by atoms with E-state index in [4.69, 9.17) is 10.6 Å². The number of aryl methyl sites for hydroxylation is 2. The second-order valence-electron chi connectivity index (χ2n) is 3.79. The molecule has 0 aliphatic carbocycles. The minimum absolute atomic E-state index is 0.303. The first-order valence-electron chi connectivity index (χ1n) is 5.32. The zero-order valence-electron chi connectivity index (χ0n) is 9.91. The molecule has 1 aromatic carbocycles. The Bertz CT molecular complexity index is 377. The summed E-state index contributed by atoms with van der Waals surface area (Å²) in [7, 11) is 0. The topological polar surface area (TPSA) is 64.3 Å². The highest BCUT2D eigenvalue weighted by molar-refractivity contribution is 5.80. The second-order valence-corrected chi connectivity index (χ2v) is 3.79. The molecule has 0 aromatic heterocycles. The van der Waals surface area contributed by atoms with Crippen LogP contribution in [0.1, 0.15) is 24.5 Å². The maximum Gasteiger partial charge on any atom is 0.274 e. The van der Waals surface area contributed by atoms with E-state index in [2.05, 4.69) is 5.43 Å². The van der Waals surface area contributed by atoms with Gasteiger partial charge in [-0.3, -0.25) is 10.2 Å². The quantitative estimate of drug-likeness (QED) is 0.460. The standard InChI is InChI=1S/C12H18N2O2/c1-4-10(12(15)14-13)16-11-6-5-8(2)7-9(11)3/h5-7,10H,4,13H2,1-3H3,(H,14,15). The first-order valence-corrected chi connectivity index (χ1v) is 5.32. The van der Waals surface area contributed by atoms with E-state index in [9.17, 15) is 4.79 Å². The minimum Gasteiger partial charge on any atom is -0.480 e. The average Bonchev–Trinajstić information content (AvgIpc) is 2.27. The second kappa shape index (κ2) is 5.51. The van der Waals surface area contributed by atoms with Crippen LogP contribution in [0.5, 0.6) is 5.75 Å². The number of carbonyl (C=O) groups is 1. The number of hydrogen-bond acceptors (Lipinski definition) is 3. The number of benzene rings is 1. The van der Waals surface area contributed by atoms with Crippen LogP contribution in [0.2, 0.25) is 0 Å². The number of nitrogens with two attached hydrogens (primary N) is 1. The van der Waals surface area contributed by atoms with Crippen molar-refractivity contribution in [2.75, 3.05) is 0 Å². The van der Waals surface area contributed by atoms with Crippen LogP contribution >= 0.6 is 0 Å². The van der Waals surface area contributed by atoms with E-state index in [1.54, 1.807) is 0 Å². The summed E-state index contributed by atoms with van der Waals surface area (Å²) in [6, 6.07) is 5.84. The summed E-state index contributed by atoms with van der Waals surface area (Å²) in [5.41, 5.74) is 4.29. The van der Waals surface area contributed by atoms with Gasteiger partial charge in [-0.05, 0) is 31.9 Å². The Hall–Kier alpha value is -1.55. The number of amides is 1. The number of hydrogen-bond donors (Lipinski definition) is 2. The minimum atomic E-state index is -0.536. The molecule has 0 fully saturated rings. The van der Waals surface area contributed by atoms with E-state index in [0.29, 0.717) is 6.42 Å². The maximum absolute atomic E-state index is 11.4. The Balaban J connectivity index is 2.82. The van der Waals surface area contributed by atoms with Gasteiger partial charge in [-0.15, -0.1) is 0 Å². The fourth-order valence-corrected chi connectivity index (χ4v) is 1.50. The van der Waals surface area contributed by atoms with Gasteiger partial charge in [-0.1, -0.05) is 24.6 Å². The molecular weight excluding hydrogens is 204 g/mol. The Morgan fingerprint density at radius 3 is 2.69 bits per heavy atom. The number of hydrazine groups is 1. The average molecular weight is 222 g/mol. The maximum atomic E-state index is 11.4. The van der Waals surface area contributed by atoms with Gasteiger partial charge in [0.05, 0.1) is 0 Å². The molecule has 1 atom stereocenters. The van der Waals surface area contributed by atoms with Crippen LogP contribution in [0, 0.1) is 13.8 Å². The highest BCUT2D eigenvalue weighted by Crippen LogP contribution is 2.20. The first kappa shape index (κ1) is 12.5. The lowest BCUT2D eigenvalue weighted by molar-refractivity contribution is -0.128. The van der Waals surface area contributed by atoms with Crippen LogP contribution in [0.4, 0.5) is 0 Å². The molecule has 16 heavy (non-hydrogen) atoms. The van der Waals surface area contributed by atoms with Crippen molar-refractivity contribution in [1.29, 1.82) is 0 Å². The summed E-state index contributed by atoms with van der Waals surface area (Å²) >= 11 is 0. The summed E-state index contributed by atoms with van der Waals surface area (Å²) in [6.07, 6.45) is 0.0440. The summed E-state index contributed by atoms with van der Waals surface area (Å²) < 4.78 is 5.61. The molecule has 0 saturated heterocycles. The molecule has 1 unspecified atom stereocenters. The lowest BCUT2D eigenvalue weighted by Crippen LogP contribution is -2.41. The number of carbonyl (C=O) groups excluding carboxylic acids is 1. The Labute approximate surface area is 95.8 Å². The molecule has 0 heterocycles. The van der Waals surface area contributed by atoms with Crippen LogP contribution in [0.15, 0.2) is 18.2 Å². The van der Waals surface area contributed by atoms with Gasteiger partial charge < -0.3 is 4.74 Å². The number of rotatable bonds is 4. The van der Waals surface area contributed by atoms with E-state index in [1.807, 2.05) is 39.0 Å². The highest BCUT2D eigenvalue weighted by atomic mass is 16.5. The third-order valence-corrected chi connectivity index (χ3v) is 2.41. The van der Waals surface area contributed by atoms with Crippen molar-refractivity contribution in [3.63, 3.8) is 0 Å². The normalized spacial score (nSPS) is 12.0. The monoisotopic (exact) mass is 222 g/mol. The van der Waals surface area contributed by atoms with Crippen molar-refractivity contribution in [1.82, 2.24) is 5.43 Å². The summed E-state index contributed by atoms with van der Waals surface area (Å²) in [5.74, 6) is 5.50. The lowest BCUT2D eigenvalue weighted by Gasteiger charge is -2.17. The Morgan fingerprint density at radius 1 is 1.50 bits per heavy atom. The van der Waals surface area contributed by atoms with Crippen LogP contribution < -0.4 is 16.0 Å². The molecule has 4 heteroatoms. The molecule has 1 rings (SSSR count). The van der Waals surface area contributed by atoms with Gasteiger partial charge in [-0.25, -0.2) is 5.84 Å². The molecule has 1 amide bonds. The zero-order valence-corrected chi connectivity index (χ0v) is 9.91. The molecule has 1 aromatic rings. The van der Waals surface area contributed by atoms with Gasteiger partial charge in [0, 0.05) is 0 Å². The molecule has 88 valence electrons. The molecule has 0 saturated carbocycles. The van der Waals surface area contributed by atoms with Crippen LogP contribution in [0.3, 0.4) is 0 Å². The van der Waals surface area contributed by atoms with Gasteiger partial charge in [-0.2, -0.15) is 0 Å². The van der Waals surface area contributed by atoms with Crippen molar-refractivity contribution >= 4 is 5.91 Å². The fourth-order valence-electron chi connectivity index (χ4n) is 1.50. The van der Waals surface area contributed by atoms with Crippen molar-refractivity contribution in [3.05, 3.63) is 29.3 Å². The van der Waals surface area contributed by atoms with E-state index in [-0.39, 0.29) is 5.91 Å². The molecule has 0 spiro atoms. The van der Waals surface area contributed by atoms with Crippen LogP contribution in [-0.4, -0.2) is 12.0 Å². The predicted molar refractivity (Wildman–Crippen MR) is 63.0 cm³/mol. The molecule has 0 aliphatic rings. The van der Waals surface area contributed by atoms with E-state index in [1.165, 1.54) is 5.56 Å². The van der Waals surface area contributed by atoms with Crippen molar-refractivity contribution in [2.24, 2.45) is 5.84 Å². The van der Waals surface area contributed by atoms with Crippen molar-refractivity contribution in [3.8, 4) is 5.75 Å². The van der Waals surface area contributed by atoms with Gasteiger partial charge >= 0.3 is 0 Å². The SMILES string of the molecule is CCC(Oc1ccc(C)cc1C)C(=O)NN.